The number of hydrogen-bond donors (Lipinski definition) is 0. The zero-order valence-electron chi connectivity index (χ0n) is 72.8. The molecule has 0 aromatic heterocycles. The minimum absolute atomic E-state index is 0.246. The van der Waals surface area contributed by atoms with Crippen molar-refractivity contribution in [2.75, 3.05) is 9.80 Å². The molecular formula is C124H92N2O2. The molecule has 0 saturated carbocycles. The average Bonchev–Trinajstić information content (AvgIpc) is 0.835. The van der Waals surface area contributed by atoms with Crippen LogP contribution in [0.5, 0.6) is 23.0 Å². The largest absolute Gasteiger partial charge is 0.457 e. The number of ether oxygens (including phenoxy) is 2. The van der Waals surface area contributed by atoms with Crippen LogP contribution in [0.2, 0.25) is 0 Å². The molecule has 0 bridgehead atoms. The Bertz CT molecular complexity index is 7860. The molecule has 4 heteroatoms. The van der Waals surface area contributed by atoms with Crippen molar-refractivity contribution in [1.82, 2.24) is 0 Å². The van der Waals surface area contributed by atoms with E-state index in [0.29, 0.717) is 0 Å². The number of rotatable bonds is 11. The molecule has 4 nitrogen and oxygen atoms in total. The van der Waals surface area contributed by atoms with E-state index in [4.69, 9.17) is 9.47 Å². The lowest BCUT2D eigenvalue weighted by Crippen LogP contribution is -2.43. The molecule has 128 heavy (non-hydrogen) atoms. The normalized spacial score (nSPS) is 17.6. The van der Waals surface area contributed by atoms with Gasteiger partial charge in [0.25, 0.3) is 0 Å². The lowest BCUT2D eigenvalue weighted by molar-refractivity contribution is 0.426. The molecule has 3 unspecified atom stereocenters. The minimum atomic E-state index is -0.758. The number of benzene rings is 19. The third-order valence-corrected chi connectivity index (χ3v) is 30.1. The topological polar surface area (TPSA) is 24.9 Å². The number of nitrogens with zero attached hydrogens (tertiary/aromatic N) is 2. The van der Waals surface area contributed by atoms with Crippen LogP contribution in [0.1, 0.15) is 143 Å². The Kier molecular flexibility index (Phi) is 16.5. The predicted molar refractivity (Wildman–Crippen MR) is 528 cm³/mol. The summed E-state index contributed by atoms with van der Waals surface area (Å²) < 4.78 is 14.3. The highest BCUT2D eigenvalue weighted by molar-refractivity contribution is 5.97. The summed E-state index contributed by atoms with van der Waals surface area (Å²) >= 11 is 0. The van der Waals surface area contributed by atoms with Crippen molar-refractivity contribution in [3.8, 4) is 78.6 Å². The van der Waals surface area contributed by atoms with E-state index in [1.807, 2.05) is 0 Å². The van der Waals surface area contributed by atoms with E-state index in [1.54, 1.807) is 0 Å². The van der Waals surface area contributed by atoms with E-state index in [2.05, 4.69) is 477 Å². The number of fused-ring (bicyclic) bond motifs is 26. The molecule has 2 heterocycles. The van der Waals surface area contributed by atoms with E-state index in [-0.39, 0.29) is 16.2 Å². The van der Waals surface area contributed by atoms with Crippen LogP contribution in [0.3, 0.4) is 0 Å². The van der Waals surface area contributed by atoms with Gasteiger partial charge >= 0.3 is 0 Å². The van der Waals surface area contributed by atoms with Gasteiger partial charge in [0, 0.05) is 77.9 Å². The molecule has 6 aliphatic rings. The van der Waals surface area contributed by atoms with Crippen LogP contribution in [-0.4, -0.2) is 0 Å². The summed E-state index contributed by atoms with van der Waals surface area (Å²) in [7, 11) is 0. The Morgan fingerprint density at radius 1 is 0.211 bits per heavy atom. The molecule has 0 amide bonds. The fraction of sp³-hybridized carbons (Fsp3) is 0.113. The molecule has 2 spiro atoms. The molecule has 3 atom stereocenters. The monoisotopic (exact) mass is 1640 g/mol. The quantitative estimate of drug-likeness (QED) is 0.129. The van der Waals surface area contributed by atoms with Crippen molar-refractivity contribution >= 4 is 55.7 Å². The maximum Gasteiger partial charge on any atom is 0.132 e. The van der Waals surface area contributed by atoms with E-state index < -0.39 is 16.2 Å². The highest BCUT2D eigenvalue weighted by Crippen LogP contribution is 2.67. The van der Waals surface area contributed by atoms with Gasteiger partial charge in [-0.3, -0.25) is 0 Å². The Morgan fingerprint density at radius 2 is 0.602 bits per heavy atom. The van der Waals surface area contributed by atoms with Crippen LogP contribution in [0.15, 0.2) is 419 Å². The van der Waals surface area contributed by atoms with Crippen molar-refractivity contribution in [2.45, 2.75) is 87.4 Å². The first kappa shape index (κ1) is 75.4. The van der Waals surface area contributed by atoms with E-state index in [0.717, 1.165) is 114 Å². The molecule has 0 radical (unpaired) electrons. The van der Waals surface area contributed by atoms with Gasteiger partial charge in [0.1, 0.15) is 23.0 Å². The van der Waals surface area contributed by atoms with E-state index in [9.17, 15) is 0 Å². The van der Waals surface area contributed by atoms with Gasteiger partial charge in [-0.05, 0) is 247 Å². The number of hydrogen-bond acceptors (Lipinski definition) is 4. The Labute approximate surface area is 749 Å². The third-order valence-electron chi connectivity index (χ3n) is 30.1. The van der Waals surface area contributed by atoms with Gasteiger partial charge in [-0.15, -0.1) is 0 Å². The third kappa shape index (κ3) is 10.8. The first-order valence-electron chi connectivity index (χ1n) is 45.2. The predicted octanol–water partition coefficient (Wildman–Crippen LogP) is 32.0. The van der Waals surface area contributed by atoms with Crippen molar-refractivity contribution in [1.29, 1.82) is 0 Å². The first-order valence-corrected chi connectivity index (χ1v) is 45.2. The van der Waals surface area contributed by atoms with Gasteiger partial charge in [0.2, 0.25) is 0 Å². The highest BCUT2D eigenvalue weighted by Gasteiger charge is 2.56. The summed E-state index contributed by atoms with van der Waals surface area (Å²) in [5.41, 5.74) is 37.3. The standard InChI is InChI=1S/C124H92N2O2/c1-119(2)98-41-18-15-39-94(98)96-66-63-88(74-108(96)119)125(90-65-71-116-111(76-90)124(105-48-25-28-51-114(105)128-116)103-46-23-21-44-101(103)121(5,6)118-93-38-14-12-34-83(93)57-69-107(118)124)89-64-67-97-95-40-16-19-42-99(95)122(7,109(97)75-89)77-78-30-29-35-84(72-78)79-52-59-86(60-53-79)126(112-49-26-17-36-91(112)81-31-9-8-10-32-81)87-61-54-80(55-62-87)85-58-70-115-110(73-85)123(104-47-24-27-50-113(104)127-115)102-45-22-20-43-100(102)120(3,4)117-92-37-13-11-33-82(92)56-68-106(117)123/h8-76H,77H2,1-7H3. The van der Waals surface area contributed by atoms with Crippen molar-refractivity contribution < 1.29 is 9.47 Å². The van der Waals surface area contributed by atoms with Crippen LogP contribution >= 0.6 is 0 Å². The summed E-state index contributed by atoms with van der Waals surface area (Å²) in [6, 6.07) is 158. The van der Waals surface area contributed by atoms with Crippen LogP contribution in [0.25, 0.3) is 77.2 Å². The van der Waals surface area contributed by atoms with Crippen molar-refractivity contribution in [2.24, 2.45) is 0 Å². The van der Waals surface area contributed by atoms with Gasteiger partial charge in [0.15, 0.2) is 0 Å². The lowest BCUT2D eigenvalue weighted by atomic mass is 9.53. The van der Waals surface area contributed by atoms with Gasteiger partial charge < -0.3 is 19.3 Å². The van der Waals surface area contributed by atoms with Gasteiger partial charge in [0.05, 0.1) is 16.5 Å². The molecule has 0 saturated heterocycles. The molecule has 0 fully saturated rings. The zero-order chi connectivity index (χ0) is 85.7. The first-order chi connectivity index (χ1) is 62.6. The Hall–Kier alpha value is -15.1. The molecule has 19 aromatic rings. The molecule has 4 aliphatic carbocycles. The molecular weight excluding hydrogens is 1550 g/mol. The van der Waals surface area contributed by atoms with Gasteiger partial charge in [-0.2, -0.15) is 0 Å². The summed E-state index contributed by atoms with van der Waals surface area (Å²) in [4.78, 5) is 4.98. The summed E-state index contributed by atoms with van der Waals surface area (Å²) in [5, 5.41) is 5.04. The highest BCUT2D eigenvalue weighted by atomic mass is 16.5. The molecule has 19 aromatic carbocycles. The van der Waals surface area contributed by atoms with Crippen molar-refractivity contribution in [3.63, 3.8) is 0 Å². The van der Waals surface area contributed by atoms with Gasteiger partial charge in [-0.25, -0.2) is 0 Å². The fourth-order valence-corrected chi connectivity index (χ4v) is 24.3. The van der Waals surface area contributed by atoms with Crippen LogP contribution in [-0.2, 0) is 38.9 Å². The summed E-state index contributed by atoms with van der Waals surface area (Å²) in [6.45, 7) is 17.0. The van der Waals surface area contributed by atoms with Crippen LogP contribution in [0, 0.1) is 0 Å². The fourth-order valence-electron chi connectivity index (χ4n) is 24.3. The van der Waals surface area contributed by atoms with Crippen LogP contribution < -0.4 is 19.3 Å². The van der Waals surface area contributed by atoms with E-state index in [1.165, 1.54) is 122 Å². The minimum Gasteiger partial charge on any atom is -0.457 e. The second-order valence-electron chi connectivity index (χ2n) is 37.9. The molecule has 610 valence electrons. The molecule has 0 N–H and O–H groups in total. The molecule has 25 rings (SSSR count). The van der Waals surface area contributed by atoms with Crippen LogP contribution in [0.4, 0.5) is 34.1 Å². The maximum absolute atomic E-state index is 7.27. The second kappa shape index (κ2) is 27.9. The molecule has 2 aliphatic heterocycles. The SMILES string of the molecule is CC1(C)c2ccccc2-c2ccc(N(c3ccc4c(c3)C(C)(Cc3cccc(-c5ccc(N(c6ccc(-c7ccc8c(c7)C7(c9ccccc9O8)c8ccccc8C(C)(C)c8c7ccc7ccccc87)cc6)c6ccccc6-c6ccccc6)cc5)c3)c3ccccc3-4)c3ccc4c(c3)C3(c5ccccc5O4)c4ccccc4C(C)(C)c4c3ccc3ccccc43)cc21. The number of anilines is 6. The summed E-state index contributed by atoms with van der Waals surface area (Å²) in [5.74, 6) is 3.48. The lowest BCUT2D eigenvalue weighted by Gasteiger charge is -2.50. The average molecular weight is 1640 g/mol. The van der Waals surface area contributed by atoms with E-state index >= 15 is 0 Å². The second-order valence-corrected chi connectivity index (χ2v) is 37.9. The maximum atomic E-state index is 7.27. The zero-order valence-corrected chi connectivity index (χ0v) is 72.8. The Balaban J connectivity index is 0.590. The Morgan fingerprint density at radius 3 is 1.18 bits per heavy atom. The smallest absolute Gasteiger partial charge is 0.132 e. The number of para-hydroxylation sites is 3. The summed E-state index contributed by atoms with van der Waals surface area (Å²) in [6.07, 6.45) is 0.769. The van der Waals surface area contributed by atoms with Crippen molar-refractivity contribution in [3.05, 3.63) is 513 Å². The van der Waals surface area contributed by atoms with Gasteiger partial charge in [-0.1, -0.05) is 370 Å².